The van der Waals surface area contributed by atoms with Gasteiger partial charge in [0.05, 0.1) is 22.4 Å². The van der Waals surface area contributed by atoms with E-state index in [1.807, 2.05) is 13.8 Å². The molecule has 0 spiro atoms. The summed E-state index contributed by atoms with van der Waals surface area (Å²) in [5.41, 5.74) is 0.240. The van der Waals surface area contributed by atoms with Crippen LogP contribution in [0.15, 0.2) is 77.7 Å². The predicted octanol–water partition coefficient (Wildman–Crippen LogP) is 5.03. The number of benzene rings is 3. The van der Waals surface area contributed by atoms with Crippen molar-refractivity contribution >= 4 is 43.0 Å². The fraction of sp³-hybridized carbons (Fsp3) is 0.240. The molecule has 13 heteroatoms. The lowest BCUT2D eigenvalue weighted by molar-refractivity contribution is -0.137. The molecule has 3 aromatic rings. The van der Waals surface area contributed by atoms with Crippen LogP contribution in [0.25, 0.3) is 0 Å². The van der Waals surface area contributed by atoms with Gasteiger partial charge in [-0.15, -0.1) is 0 Å². The zero-order valence-electron chi connectivity index (χ0n) is 20.7. The molecule has 204 valence electrons. The number of sulfonamides is 2. The van der Waals surface area contributed by atoms with Crippen LogP contribution in [-0.2, 0) is 31.0 Å². The molecular weight excluding hydrogens is 543 g/mol. The SMILES string of the molecule is CC(C)c1ccc(N(CC(=O)Nc2ccc(S(=O)(=O)Nc3cccc(C(F)(F)F)c3)cc2)S(C)(=O)=O)cc1. The first-order valence-electron chi connectivity index (χ1n) is 11.2. The molecule has 38 heavy (non-hydrogen) atoms. The molecule has 0 saturated heterocycles. The molecule has 0 radical (unpaired) electrons. The molecule has 8 nitrogen and oxygen atoms in total. The number of hydrogen-bond donors (Lipinski definition) is 2. The van der Waals surface area contributed by atoms with Crippen LogP contribution in [0.3, 0.4) is 0 Å². The van der Waals surface area contributed by atoms with E-state index in [1.54, 1.807) is 24.3 Å². The summed E-state index contributed by atoms with van der Waals surface area (Å²) in [7, 11) is -8.01. The first-order chi connectivity index (χ1) is 17.6. The van der Waals surface area contributed by atoms with E-state index in [0.717, 1.165) is 40.4 Å². The number of alkyl halides is 3. The number of carbonyl (C=O) groups excluding carboxylic acids is 1. The van der Waals surface area contributed by atoms with Crippen LogP contribution in [-0.4, -0.2) is 35.5 Å². The number of carbonyl (C=O) groups is 1. The van der Waals surface area contributed by atoms with E-state index in [1.165, 1.54) is 18.2 Å². The van der Waals surface area contributed by atoms with Gasteiger partial charge in [0, 0.05) is 11.4 Å². The summed E-state index contributed by atoms with van der Waals surface area (Å²) in [6.07, 6.45) is -3.65. The van der Waals surface area contributed by atoms with Gasteiger partial charge < -0.3 is 5.32 Å². The molecule has 3 rings (SSSR count). The summed E-state index contributed by atoms with van der Waals surface area (Å²) in [5.74, 6) is -0.424. The van der Waals surface area contributed by atoms with Crippen LogP contribution in [0.2, 0.25) is 0 Å². The van der Waals surface area contributed by atoms with Gasteiger partial charge in [0.25, 0.3) is 10.0 Å². The van der Waals surface area contributed by atoms with Crippen molar-refractivity contribution in [1.29, 1.82) is 0 Å². The van der Waals surface area contributed by atoms with Crippen molar-refractivity contribution in [1.82, 2.24) is 0 Å². The summed E-state index contributed by atoms with van der Waals surface area (Å²) in [5, 5.41) is 2.51. The minimum absolute atomic E-state index is 0.191. The summed E-state index contributed by atoms with van der Waals surface area (Å²) in [6, 6.07) is 15.4. The second kappa shape index (κ2) is 11.0. The quantitative estimate of drug-likeness (QED) is 0.375. The highest BCUT2D eigenvalue weighted by Crippen LogP contribution is 2.31. The van der Waals surface area contributed by atoms with Crippen molar-refractivity contribution in [3.05, 3.63) is 83.9 Å². The molecule has 0 aromatic heterocycles. The number of nitrogens with zero attached hydrogens (tertiary/aromatic N) is 1. The fourth-order valence-electron chi connectivity index (χ4n) is 3.45. The zero-order valence-corrected chi connectivity index (χ0v) is 22.3. The van der Waals surface area contributed by atoms with Crippen LogP contribution in [0.4, 0.5) is 30.2 Å². The molecule has 0 heterocycles. The summed E-state index contributed by atoms with van der Waals surface area (Å²) >= 11 is 0. The highest BCUT2D eigenvalue weighted by molar-refractivity contribution is 7.92. The van der Waals surface area contributed by atoms with Crippen molar-refractivity contribution in [2.45, 2.75) is 30.8 Å². The third-order valence-corrected chi connectivity index (χ3v) is 7.96. The molecule has 1 amide bonds. The molecule has 0 aliphatic heterocycles. The highest BCUT2D eigenvalue weighted by atomic mass is 32.2. The normalized spacial score (nSPS) is 12.3. The predicted molar refractivity (Wildman–Crippen MR) is 140 cm³/mol. The maximum atomic E-state index is 12.9. The molecule has 2 N–H and O–H groups in total. The van der Waals surface area contributed by atoms with E-state index in [0.29, 0.717) is 11.8 Å². The van der Waals surface area contributed by atoms with Gasteiger partial charge in [-0.1, -0.05) is 32.0 Å². The Labute approximate surface area is 219 Å². The molecule has 3 aromatic carbocycles. The second-order valence-corrected chi connectivity index (χ2v) is 12.4. The maximum absolute atomic E-state index is 12.9. The fourth-order valence-corrected chi connectivity index (χ4v) is 5.35. The average Bonchev–Trinajstić information content (AvgIpc) is 2.81. The first kappa shape index (κ1) is 29.0. The second-order valence-electron chi connectivity index (χ2n) is 8.77. The van der Waals surface area contributed by atoms with E-state index in [-0.39, 0.29) is 22.2 Å². The Kier molecular flexibility index (Phi) is 8.42. The largest absolute Gasteiger partial charge is 0.416 e. The number of rotatable bonds is 9. The van der Waals surface area contributed by atoms with Crippen molar-refractivity contribution < 1.29 is 34.8 Å². The Morgan fingerprint density at radius 3 is 2.03 bits per heavy atom. The van der Waals surface area contributed by atoms with Gasteiger partial charge in [-0.2, -0.15) is 13.2 Å². The van der Waals surface area contributed by atoms with Gasteiger partial charge in [-0.05, 0) is 66.1 Å². The van der Waals surface area contributed by atoms with Gasteiger partial charge in [-0.3, -0.25) is 13.8 Å². The maximum Gasteiger partial charge on any atom is 0.416 e. The third kappa shape index (κ3) is 7.48. The van der Waals surface area contributed by atoms with Crippen LogP contribution < -0.4 is 14.3 Å². The lowest BCUT2D eigenvalue weighted by Crippen LogP contribution is -2.37. The third-order valence-electron chi connectivity index (χ3n) is 5.43. The molecule has 0 aliphatic rings. The van der Waals surface area contributed by atoms with Crippen molar-refractivity contribution in [3.63, 3.8) is 0 Å². The minimum atomic E-state index is -4.63. The number of nitrogens with one attached hydrogen (secondary N) is 2. The lowest BCUT2D eigenvalue weighted by Gasteiger charge is -2.22. The van der Waals surface area contributed by atoms with Gasteiger partial charge in [0.15, 0.2) is 0 Å². The summed E-state index contributed by atoms with van der Waals surface area (Å²) in [4.78, 5) is 12.4. The van der Waals surface area contributed by atoms with Crippen molar-refractivity contribution in [3.8, 4) is 0 Å². The van der Waals surface area contributed by atoms with E-state index >= 15 is 0 Å². The first-order valence-corrected chi connectivity index (χ1v) is 14.6. The number of halogens is 3. The number of hydrogen-bond acceptors (Lipinski definition) is 5. The number of amides is 1. The molecule has 0 aliphatic carbocycles. The molecule has 0 bridgehead atoms. The zero-order chi connectivity index (χ0) is 28.3. The monoisotopic (exact) mass is 569 g/mol. The molecule has 0 saturated carbocycles. The van der Waals surface area contributed by atoms with Crippen LogP contribution >= 0.6 is 0 Å². The van der Waals surface area contributed by atoms with Crippen LogP contribution in [0.5, 0.6) is 0 Å². The Balaban J connectivity index is 1.71. The van der Waals surface area contributed by atoms with Crippen molar-refractivity contribution in [2.24, 2.45) is 0 Å². The Morgan fingerprint density at radius 1 is 0.895 bits per heavy atom. The van der Waals surface area contributed by atoms with E-state index in [2.05, 4.69) is 10.0 Å². The molecule has 0 unspecified atom stereocenters. The molecular formula is C25H26F3N3O5S2. The van der Waals surface area contributed by atoms with Gasteiger partial charge in [-0.25, -0.2) is 16.8 Å². The van der Waals surface area contributed by atoms with Crippen molar-refractivity contribution in [2.75, 3.05) is 27.1 Å². The molecule has 0 fully saturated rings. The molecule has 0 atom stereocenters. The summed E-state index contributed by atoms with van der Waals surface area (Å²) in [6.45, 7) is 3.47. The van der Waals surface area contributed by atoms with Crippen LogP contribution in [0.1, 0.15) is 30.9 Å². The number of anilines is 3. The van der Waals surface area contributed by atoms with Gasteiger partial charge in [0.2, 0.25) is 15.9 Å². The van der Waals surface area contributed by atoms with E-state index in [4.69, 9.17) is 0 Å². The van der Waals surface area contributed by atoms with Crippen LogP contribution in [0, 0.1) is 0 Å². The van der Waals surface area contributed by atoms with E-state index < -0.39 is 44.2 Å². The lowest BCUT2D eigenvalue weighted by atomic mass is 10.0. The van der Waals surface area contributed by atoms with Gasteiger partial charge in [0.1, 0.15) is 6.54 Å². The standard InChI is InChI=1S/C25H26F3N3O5S2/c1-17(2)18-7-11-22(12-8-18)31(37(3,33)34)16-24(32)29-20-9-13-23(14-10-20)38(35,36)30-21-6-4-5-19(15-21)25(26,27)28/h4-15,17,30H,16H2,1-3H3,(H,29,32). The summed E-state index contributed by atoms with van der Waals surface area (Å²) < 4.78 is 91.7. The Bertz CT molecular complexity index is 1510. The smallest absolute Gasteiger partial charge is 0.325 e. The highest BCUT2D eigenvalue weighted by Gasteiger charge is 2.30. The Morgan fingerprint density at radius 2 is 1.50 bits per heavy atom. The minimum Gasteiger partial charge on any atom is -0.325 e. The average molecular weight is 570 g/mol. The Hall–Kier alpha value is -3.58. The van der Waals surface area contributed by atoms with Gasteiger partial charge >= 0.3 is 6.18 Å². The topological polar surface area (TPSA) is 113 Å². The van der Waals surface area contributed by atoms with E-state index in [9.17, 15) is 34.8 Å².